The van der Waals surface area contributed by atoms with Gasteiger partial charge in [0.2, 0.25) is 0 Å². The molecule has 0 aromatic carbocycles. The van der Waals surface area contributed by atoms with Crippen LogP contribution < -0.4 is 5.32 Å². The highest BCUT2D eigenvalue weighted by atomic mass is 19.1. The second-order valence-electron chi connectivity index (χ2n) is 8.44. The van der Waals surface area contributed by atoms with Gasteiger partial charge < -0.3 is 5.32 Å². The quantitative estimate of drug-likeness (QED) is 0.348. The zero-order chi connectivity index (χ0) is 22.0. The second-order valence-corrected chi connectivity index (χ2v) is 8.44. The molecule has 1 aromatic rings. The first-order chi connectivity index (χ1) is 14.3. The van der Waals surface area contributed by atoms with Crippen LogP contribution in [0.4, 0.5) is 8.78 Å². The third kappa shape index (κ3) is 4.61. The normalized spacial score (nSPS) is 26.8. The fraction of sp³-hybridized carbons (Fsp3) is 0.440. The molecule has 5 heteroatoms. The van der Waals surface area contributed by atoms with E-state index in [9.17, 15) is 8.78 Å². The number of aromatic nitrogens is 1. The summed E-state index contributed by atoms with van der Waals surface area (Å²) < 4.78 is 28.6. The molecule has 0 bridgehead atoms. The lowest BCUT2D eigenvalue weighted by Gasteiger charge is -2.34. The molecule has 160 valence electrons. The number of hydrogen-bond donors (Lipinski definition) is 1. The number of fused-ring (bicyclic) bond motifs is 1. The lowest BCUT2D eigenvalue weighted by molar-refractivity contribution is 0.294. The number of allylic oxidation sites excluding steroid dienone is 4. The van der Waals surface area contributed by atoms with Crippen molar-refractivity contribution >= 4 is 5.71 Å². The summed E-state index contributed by atoms with van der Waals surface area (Å²) in [6.45, 7) is 13.8. The second kappa shape index (κ2) is 9.07. The van der Waals surface area contributed by atoms with E-state index in [-0.39, 0.29) is 11.9 Å². The van der Waals surface area contributed by atoms with E-state index in [0.29, 0.717) is 40.1 Å². The summed E-state index contributed by atoms with van der Waals surface area (Å²) in [6, 6.07) is 1.54. The Morgan fingerprint density at radius 2 is 2.07 bits per heavy atom. The van der Waals surface area contributed by atoms with Crippen molar-refractivity contribution in [2.45, 2.75) is 46.1 Å². The first-order valence-corrected chi connectivity index (χ1v) is 10.5. The van der Waals surface area contributed by atoms with E-state index in [1.54, 1.807) is 27.0 Å². The summed E-state index contributed by atoms with van der Waals surface area (Å²) >= 11 is 0. The molecule has 4 atom stereocenters. The molecular weight excluding hydrogens is 380 g/mol. The van der Waals surface area contributed by atoms with Gasteiger partial charge in [-0.1, -0.05) is 18.7 Å². The molecule has 3 rings (SSSR count). The molecule has 2 saturated carbocycles. The predicted octanol–water partition coefficient (Wildman–Crippen LogP) is 5.84. The summed E-state index contributed by atoms with van der Waals surface area (Å²) in [5.74, 6) is 0.812. The number of rotatable bonds is 7. The van der Waals surface area contributed by atoms with Gasteiger partial charge in [0.15, 0.2) is 0 Å². The maximum atomic E-state index is 14.8. The molecule has 1 heterocycles. The van der Waals surface area contributed by atoms with Crippen LogP contribution >= 0.6 is 0 Å². The van der Waals surface area contributed by atoms with Crippen molar-refractivity contribution in [2.75, 3.05) is 7.05 Å². The van der Waals surface area contributed by atoms with Crippen molar-refractivity contribution in [3.63, 3.8) is 0 Å². The van der Waals surface area contributed by atoms with Gasteiger partial charge in [-0.2, -0.15) is 0 Å². The van der Waals surface area contributed by atoms with E-state index in [1.165, 1.54) is 31.2 Å². The van der Waals surface area contributed by atoms with Gasteiger partial charge in [-0.3, -0.25) is 9.98 Å². The van der Waals surface area contributed by atoms with Gasteiger partial charge in [0.05, 0.1) is 17.6 Å². The Hall–Kier alpha value is -2.56. The van der Waals surface area contributed by atoms with E-state index < -0.39 is 5.82 Å². The number of nitrogens with one attached hydrogen (secondary N) is 1. The summed E-state index contributed by atoms with van der Waals surface area (Å²) in [5.41, 5.74) is 3.71. The van der Waals surface area contributed by atoms with Gasteiger partial charge in [0.1, 0.15) is 11.6 Å². The smallest absolute Gasteiger partial charge is 0.142 e. The van der Waals surface area contributed by atoms with Crippen molar-refractivity contribution in [3.05, 3.63) is 77.3 Å². The van der Waals surface area contributed by atoms with Gasteiger partial charge in [-0.15, -0.1) is 0 Å². The Kier molecular flexibility index (Phi) is 6.69. The third-order valence-electron chi connectivity index (χ3n) is 6.34. The van der Waals surface area contributed by atoms with E-state index in [0.717, 1.165) is 17.9 Å². The maximum Gasteiger partial charge on any atom is 0.142 e. The van der Waals surface area contributed by atoms with Crippen molar-refractivity contribution < 1.29 is 8.78 Å². The molecule has 3 nitrogen and oxygen atoms in total. The first kappa shape index (κ1) is 22.1. The predicted molar refractivity (Wildman–Crippen MR) is 120 cm³/mol. The maximum absolute atomic E-state index is 14.8. The number of aryl methyl sites for hydroxylation is 1. The van der Waals surface area contributed by atoms with Crippen LogP contribution in [-0.2, 0) is 0 Å². The molecule has 2 aliphatic carbocycles. The molecule has 2 aliphatic rings. The average molecular weight is 412 g/mol. The van der Waals surface area contributed by atoms with E-state index in [4.69, 9.17) is 0 Å². The Bertz CT molecular complexity index is 942. The highest BCUT2D eigenvalue weighted by Gasteiger charge is 2.49. The highest BCUT2D eigenvalue weighted by molar-refractivity contribution is 6.14. The van der Waals surface area contributed by atoms with Gasteiger partial charge >= 0.3 is 0 Å². The van der Waals surface area contributed by atoms with Crippen LogP contribution in [0.5, 0.6) is 0 Å². The van der Waals surface area contributed by atoms with Crippen LogP contribution in [0.2, 0.25) is 0 Å². The zero-order valence-electron chi connectivity index (χ0n) is 18.3. The van der Waals surface area contributed by atoms with Crippen molar-refractivity contribution in [2.24, 2.45) is 22.7 Å². The molecule has 0 aliphatic heterocycles. The van der Waals surface area contributed by atoms with Crippen LogP contribution in [0.25, 0.3) is 0 Å². The van der Waals surface area contributed by atoms with Gasteiger partial charge in [0, 0.05) is 24.3 Å². The fourth-order valence-corrected chi connectivity index (χ4v) is 4.62. The van der Waals surface area contributed by atoms with E-state index in [2.05, 4.69) is 35.4 Å². The molecule has 1 N–H and O–H groups in total. The monoisotopic (exact) mass is 411 g/mol. The van der Waals surface area contributed by atoms with Crippen LogP contribution in [0.3, 0.4) is 0 Å². The summed E-state index contributed by atoms with van der Waals surface area (Å²) in [6.07, 6.45) is 7.76. The highest BCUT2D eigenvalue weighted by Crippen LogP contribution is 2.53. The summed E-state index contributed by atoms with van der Waals surface area (Å²) in [4.78, 5) is 8.36. The van der Waals surface area contributed by atoms with Crippen molar-refractivity contribution in [1.29, 1.82) is 0 Å². The van der Waals surface area contributed by atoms with Gasteiger partial charge in [-0.05, 0) is 81.6 Å². The number of halogens is 2. The molecule has 4 unspecified atom stereocenters. The molecule has 0 radical (unpaired) electrons. The Morgan fingerprint density at radius 3 is 2.70 bits per heavy atom. The first-order valence-electron chi connectivity index (χ1n) is 10.5. The number of aliphatic imine (C=N–C) groups is 1. The topological polar surface area (TPSA) is 37.3 Å². The minimum absolute atomic E-state index is 0.158. The largest absolute Gasteiger partial charge is 0.379 e. The number of nitrogens with zero attached hydrogens (tertiary/aromatic N) is 2. The minimum atomic E-state index is -0.446. The standard InChI is InChI=1S/C25H31F2N3/c1-7-22(27)23(30-25-19(14(2)3)9-8-17-11-21(17)25)10-15(4)24(28-6)20-12-18(26)13-29-16(20)5/h7,10,12-13,17,19,21,25,30H,2,4,8-9,11H2,1,3,5-6H3/b22-7+,23-10+,28-24?. The molecule has 0 saturated heterocycles. The lowest BCUT2D eigenvalue weighted by atomic mass is 9.80. The molecule has 30 heavy (non-hydrogen) atoms. The summed E-state index contributed by atoms with van der Waals surface area (Å²) in [5, 5.41) is 3.47. The summed E-state index contributed by atoms with van der Waals surface area (Å²) in [7, 11) is 1.62. The minimum Gasteiger partial charge on any atom is -0.379 e. The lowest BCUT2D eigenvalue weighted by Crippen LogP contribution is -2.41. The van der Waals surface area contributed by atoms with E-state index >= 15 is 0 Å². The van der Waals surface area contributed by atoms with Gasteiger partial charge in [-0.25, -0.2) is 8.78 Å². The van der Waals surface area contributed by atoms with Crippen molar-refractivity contribution in [3.8, 4) is 0 Å². The molecule has 0 spiro atoms. The number of hydrogen-bond acceptors (Lipinski definition) is 3. The Balaban J connectivity index is 1.92. The Morgan fingerprint density at radius 1 is 1.33 bits per heavy atom. The Labute approximate surface area is 178 Å². The van der Waals surface area contributed by atoms with Crippen LogP contribution in [-0.4, -0.2) is 23.8 Å². The van der Waals surface area contributed by atoms with Crippen LogP contribution in [0.1, 0.15) is 44.4 Å². The van der Waals surface area contributed by atoms with Crippen LogP contribution in [0.15, 0.2) is 65.2 Å². The molecular formula is C25H31F2N3. The molecule has 2 fully saturated rings. The third-order valence-corrected chi connectivity index (χ3v) is 6.34. The van der Waals surface area contributed by atoms with Gasteiger partial charge in [0.25, 0.3) is 0 Å². The molecule has 0 amide bonds. The van der Waals surface area contributed by atoms with Crippen LogP contribution in [0, 0.1) is 30.5 Å². The average Bonchev–Trinajstić information content (AvgIpc) is 3.50. The number of pyridine rings is 1. The SMILES string of the molecule is C=C(/C=C(NC1C(C(=C)C)CCC2CC21)\C(F)=C/C)C(=NC)c1cc(F)cnc1C. The fourth-order valence-electron chi connectivity index (χ4n) is 4.62. The zero-order valence-corrected chi connectivity index (χ0v) is 18.3. The molecule has 1 aromatic heterocycles. The van der Waals surface area contributed by atoms with E-state index in [1.807, 2.05) is 0 Å². The van der Waals surface area contributed by atoms with Crippen molar-refractivity contribution in [1.82, 2.24) is 10.3 Å².